The minimum Gasteiger partial charge on any atom is -0.347 e. The van der Waals surface area contributed by atoms with Gasteiger partial charge in [0.1, 0.15) is 0 Å². The lowest BCUT2D eigenvalue weighted by atomic mass is 9.83. The lowest BCUT2D eigenvalue weighted by molar-refractivity contribution is -0.129. The van der Waals surface area contributed by atoms with Crippen LogP contribution >= 0.6 is 0 Å². The molecule has 2 rings (SSSR count). The standard InChI is InChI=1S/C21H30N2O3/c1-4-21(2,3)14-19(24)17-15-23(18-11-8-7-10-16(17)18)13-9-5-6-12-20(25)22-26/h7-8,10-11,15,26H,4-6,9,12-14H2,1-3H3,(H,22,25). The summed E-state index contributed by atoms with van der Waals surface area (Å²) in [7, 11) is 0. The number of Topliss-reactive ketones (excluding diaryl/α,β-unsaturated/α-hetero) is 1. The van der Waals surface area contributed by atoms with Crippen molar-refractivity contribution in [1.82, 2.24) is 10.0 Å². The lowest BCUT2D eigenvalue weighted by Gasteiger charge is -2.21. The smallest absolute Gasteiger partial charge is 0.243 e. The molecule has 0 aliphatic rings. The number of aromatic nitrogens is 1. The van der Waals surface area contributed by atoms with Crippen LogP contribution in [0.3, 0.4) is 0 Å². The Labute approximate surface area is 155 Å². The molecule has 0 spiro atoms. The van der Waals surface area contributed by atoms with Crippen molar-refractivity contribution in [2.24, 2.45) is 5.41 Å². The predicted octanol–water partition coefficient (Wildman–Crippen LogP) is 4.72. The first-order chi connectivity index (χ1) is 12.4. The maximum absolute atomic E-state index is 12.8. The van der Waals surface area contributed by atoms with Gasteiger partial charge in [-0.1, -0.05) is 51.8 Å². The summed E-state index contributed by atoms with van der Waals surface area (Å²) < 4.78 is 2.15. The monoisotopic (exact) mass is 358 g/mol. The fourth-order valence-corrected chi connectivity index (χ4v) is 3.11. The molecule has 0 bridgehead atoms. The number of aryl methyl sites for hydroxylation is 1. The van der Waals surface area contributed by atoms with Crippen LogP contribution in [-0.4, -0.2) is 21.5 Å². The van der Waals surface area contributed by atoms with Crippen LogP contribution in [0.1, 0.15) is 69.7 Å². The van der Waals surface area contributed by atoms with E-state index in [0.29, 0.717) is 12.8 Å². The normalized spacial score (nSPS) is 11.7. The number of hydrogen-bond acceptors (Lipinski definition) is 3. The number of fused-ring (bicyclic) bond motifs is 1. The second-order valence-electron chi connectivity index (χ2n) is 7.72. The number of para-hydroxylation sites is 1. The summed E-state index contributed by atoms with van der Waals surface area (Å²) in [6.45, 7) is 7.19. The van der Waals surface area contributed by atoms with Crippen LogP contribution in [0.15, 0.2) is 30.5 Å². The SMILES string of the molecule is CCC(C)(C)CC(=O)c1cn(CCCCCC(=O)NO)c2ccccc12. The zero-order valence-electron chi connectivity index (χ0n) is 16.0. The Balaban J connectivity index is 2.09. The fourth-order valence-electron chi connectivity index (χ4n) is 3.11. The first-order valence-electron chi connectivity index (χ1n) is 9.42. The number of nitrogens with zero attached hydrogens (tertiary/aromatic N) is 1. The Morgan fingerprint density at radius 2 is 1.88 bits per heavy atom. The molecule has 5 heteroatoms. The second-order valence-corrected chi connectivity index (χ2v) is 7.72. The molecule has 0 aliphatic carbocycles. The number of unbranched alkanes of at least 4 members (excludes halogenated alkanes) is 2. The van der Waals surface area contributed by atoms with Crippen LogP contribution in [0.25, 0.3) is 10.9 Å². The van der Waals surface area contributed by atoms with Gasteiger partial charge in [-0.3, -0.25) is 14.8 Å². The van der Waals surface area contributed by atoms with Gasteiger partial charge in [0.25, 0.3) is 0 Å². The number of ketones is 1. The van der Waals surface area contributed by atoms with Gasteiger partial charge in [-0.05, 0) is 24.3 Å². The Hall–Kier alpha value is -2.14. The summed E-state index contributed by atoms with van der Waals surface area (Å²) in [5.74, 6) is -0.144. The van der Waals surface area contributed by atoms with Crippen molar-refractivity contribution in [2.75, 3.05) is 0 Å². The van der Waals surface area contributed by atoms with E-state index in [4.69, 9.17) is 5.21 Å². The van der Waals surface area contributed by atoms with Gasteiger partial charge in [-0.2, -0.15) is 0 Å². The number of hydroxylamine groups is 1. The average Bonchev–Trinajstić information content (AvgIpc) is 3.00. The Kier molecular flexibility index (Phi) is 6.98. The zero-order valence-corrected chi connectivity index (χ0v) is 16.0. The number of rotatable bonds is 10. The van der Waals surface area contributed by atoms with Gasteiger partial charge in [-0.25, -0.2) is 5.48 Å². The van der Waals surface area contributed by atoms with Gasteiger partial charge in [-0.15, -0.1) is 0 Å². The highest BCUT2D eigenvalue weighted by atomic mass is 16.5. The van der Waals surface area contributed by atoms with E-state index in [9.17, 15) is 9.59 Å². The molecule has 2 N–H and O–H groups in total. The lowest BCUT2D eigenvalue weighted by Crippen LogP contribution is -2.17. The van der Waals surface area contributed by atoms with Crippen molar-refractivity contribution < 1.29 is 14.8 Å². The zero-order chi connectivity index (χ0) is 19.2. The van der Waals surface area contributed by atoms with E-state index >= 15 is 0 Å². The second kappa shape index (κ2) is 8.99. The van der Waals surface area contributed by atoms with Crippen LogP contribution < -0.4 is 5.48 Å². The summed E-state index contributed by atoms with van der Waals surface area (Å²) in [5, 5.41) is 9.52. The molecule has 0 atom stereocenters. The van der Waals surface area contributed by atoms with Gasteiger partial charge in [0.15, 0.2) is 5.78 Å². The van der Waals surface area contributed by atoms with E-state index in [1.165, 1.54) is 0 Å². The van der Waals surface area contributed by atoms with E-state index < -0.39 is 0 Å². The number of nitrogens with one attached hydrogen (secondary N) is 1. The molecular weight excluding hydrogens is 328 g/mol. The molecule has 1 aromatic heterocycles. The summed E-state index contributed by atoms with van der Waals surface area (Å²) >= 11 is 0. The number of amides is 1. The maximum atomic E-state index is 12.8. The van der Waals surface area contributed by atoms with E-state index in [1.54, 1.807) is 5.48 Å². The molecule has 1 aromatic carbocycles. The minimum absolute atomic E-state index is 0.00751. The Morgan fingerprint density at radius 3 is 2.58 bits per heavy atom. The van der Waals surface area contributed by atoms with Crippen LogP contribution in [0.4, 0.5) is 0 Å². The molecule has 26 heavy (non-hydrogen) atoms. The largest absolute Gasteiger partial charge is 0.347 e. The molecule has 0 saturated heterocycles. The van der Waals surface area contributed by atoms with Crippen molar-refractivity contribution in [2.45, 2.75) is 65.8 Å². The summed E-state index contributed by atoms with van der Waals surface area (Å²) in [6.07, 6.45) is 6.39. The third kappa shape index (κ3) is 5.18. The number of carbonyl (C=O) groups excluding carboxylic acids is 2. The van der Waals surface area contributed by atoms with E-state index in [1.807, 2.05) is 24.4 Å². The predicted molar refractivity (Wildman–Crippen MR) is 103 cm³/mol. The van der Waals surface area contributed by atoms with Gasteiger partial charge < -0.3 is 4.57 Å². The van der Waals surface area contributed by atoms with Crippen molar-refractivity contribution >= 4 is 22.6 Å². The van der Waals surface area contributed by atoms with Gasteiger partial charge in [0.2, 0.25) is 5.91 Å². The topological polar surface area (TPSA) is 71.3 Å². The molecule has 0 radical (unpaired) electrons. The molecular formula is C21H30N2O3. The molecule has 142 valence electrons. The van der Waals surface area contributed by atoms with E-state index in [-0.39, 0.29) is 17.1 Å². The highest BCUT2D eigenvalue weighted by Crippen LogP contribution is 2.30. The molecule has 2 aromatic rings. The third-order valence-corrected chi connectivity index (χ3v) is 5.11. The summed E-state index contributed by atoms with van der Waals surface area (Å²) in [4.78, 5) is 23.9. The highest BCUT2D eigenvalue weighted by Gasteiger charge is 2.23. The van der Waals surface area contributed by atoms with Crippen molar-refractivity contribution in [3.63, 3.8) is 0 Å². The van der Waals surface area contributed by atoms with Crippen LogP contribution in [0.5, 0.6) is 0 Å². The van der Waals surface area contributed by atoms with Gasteiger partial charge in [0.05, 0.1) is 0 Å². The van der Waals surface area contributed by atoms with Crippen molar-refractivity contribution in [3.05, 3.63) is 36.0 Å². The number of benzene rings is 1. The van der Waals surface area contributed by atoms with Crippen molar-refractivity contribution in [3.8, 4) is 0 Å². The Bertz CT molecular complexity index is 762. The summed E-state index contributed by atoms with van der Waals surface area (Å²) in [6, 6.07) is 8.04. The molecule has 0 unspecified atom stereocenters. The molecule has 5 nitrogen and oxygen atoms in total. The first-order valence-corrected chi connectivity index (χ1v) is 9.42. The number of carbonyl (C=O) groups is 2. The first kappa shape index (κ1) is 20.2. The average molecular weight is 358 g/mol. The van der Waals surface area contributed by atoms with Crippen LogP contribution in [0, 0.1) is 5.41 Å². The molecule has 1 heterocycles. The van der Waals surface area contributed by atoms with E-state index in [0.717, 1.165) is 48.7 Å². The highest BCUT2D eigenvalue weighted by molar-refractivity contribution is 6.08. The summed E-state index contributed by atoms with van der Waals surface area (Å²) in [5.41, 5.74) is 3.55. The third-order valence-electron chi connectivity index (χ3n) is 5.11. The Morgan fingerprint density at radius 1 is 1.15 bits per heavy atom. The molecule has 0 aliphatic heterocycles. The number of hydrogen-bond donors (Lipinski definition) is 2. The van der Waals surface area contributed by atoms with Crippen LogP contribution in [-0.2, 0) is 11.3 Å². The van der Waals surface area contributed by atoms with E-state index in [2.05, 4.69) is 31.4 Å². The van der Waals surface area contributed by atoms with Gasteiger partial charge >= 0.3 is 0 Å². The fraction of sp³-hybridized carbons (Fsp3) is 0.524. The molecule has 1 amide bonds. The van der Waals surface area contributed by atoms with Crippen molar-refractivity contribution in [1.29, 1.82) is 0 Å². The minimum atomic E-state index is -0.345. The van der Waals surface area contributed by atoms with Crippen LogP contribution in [0.2, 0.25) is 0 Å². The maximum Gasteiger partial charge on any atom is 0.243 e. The van der Waals surface area contributed by atoms with Gasteiger partial charge in [0, 0.05) is 42.0 Å². The quantitative estimate of drug-likeness (QED) is 0.279. The molecule has 0 fully saturated rings. The molecule has 0 saturated carbocycles.